The van der Waals surface area contributed by atoms with Crippen molar-refractivity contribution in [1.29, 1.82) is 0 Å². The van der Waals surface area contributed by atoms with Gasteiger partial charge in [0, 0.05) is 22.0 Å². The molecule has 7 rings (SSSR count). The molecule has 214 valence electrons. The number of anilines is 2. The smallest absolute Gasteiger partial charge is 0.305 e. The maximum Gasteiger partial charge on any atom is 0.305 e. The van der Waals surface area contributed by atoms with Crippen molar-refractivity contribution in [2.45, 2.75) is 16.2 Å². The third-order valence-corrected chi connectivity index (χ3v) is 9.96. The van der Waals surface area contributed by atoms with Crippen LogP contribution in [0.15, 0.2) is 101 Å². The number of fused-ring (bicyclic) bond motifs is 3. The van der Waals surface area contributed by atoms with Crippen LogP contribution < -0.4 is 19.8 Å². The number of nitrogens with one attached hydrogen (secondary N) is 2. The Bertz CT molecular complexity index is 1970. The van der Waals surface area contributed by atoms with Crippen molar-refractivity contribution < 1.29 is 23.5 Å². The summed E-state index contributed by atoms with van der Waals surface area (Å²) in [6.45, 7) is -0.301. The van der Waals surface area contributed by atoms with E-state index >= 15 is 0 Å². The minimum atomic E-state index is -0.849. The summed E-state index contributed by atoms with van der Waals surface area (Å²) in [6, 6.07) is 25.6. The zero-order valence-electron chi connectivity index (χ0n) is 22.3. The van der Waals surface area contributed by atoms with Gasteiger partial charge in [0.15, 0.2) is 6.61 Å². The highest BCUT2D eigenvalue weighted by molar-refractivity contribution is 8.00. The molecule has 0 aliphatic carbocycles. The van der Waals surface area contributed by atoms with E-state index in [1.165, 1.54) is 24.3 Å². The molecule has 2 aliphatic rings. The number of halogens is 1. The lowest BCUT2D eigenvalue weighted by Gasteiger charge is -2.30. The van der Waals surface area contributed by atoms with Crippen LogP contribution in [0.25, 0.3) is 10.8 Å². The highest BCUT2D eigenvalue weighted by Crippen LogP contribution is 2.54. The van der Waals surface area contributed by atoms with Crippen LogP contribution in [0.2, 0.25) is 0 Å². The number of hydrogen-bond acceptors (Lipinski definition) is 7. The topological polar surface area (TPSA) is 109 Å². The van der Waals surface area contributed by atoms with E-state index in [1.54, 1.807) is 24.3 Å². The fraction of sp³-hybridized carbons (Fsp3) is 0.125. The number of para-hydroxylation sites is 1. The van der Waals surface area contributed by atoms with E-state index in [0.29, 0.717) is 26.9 Å². The Morgan fingerprint density at radius 1 is 0.907 bits per heavy atom. The molecule has 0 saturated carbocycles. The van der Waals surface area contributed by atoms with Crippen molar-refractivity contribution in [1.82, 2.24) is 4.98 Å². The third kappa shape index (κ3) is 4.90. The Morgan fingerprint density at radius 2 is 1.65 bits per heavy atom. The summed E-state index contributed by atoms with van der Waals surface area (Å²) in [5.74, 6) is -2.92. The maximum atomic E-state index is 13.9. The lowest BCUT2D eigenvalue weighted by molar-refractivity contribution is -0.122. The Labute approximate surface area is 252 Å². The molecule has 8 nitrogen and oxygen atoms in total. The molecule has 1 saturated heterocycles. The molecule has 5 aromatic rings. The predicted molar refractivity (Wildman–Crippen MR) is 163 cm³/mol. The second-order valence-electron chi connectivity index (χ2n) is 10.2. The lowest BCUT2D eigenvalue weighted by atomic mass is 9.82. The van der Waals surface area contributed by atoms with Gasteiger partial charge in [-0.25, -0.2) is 9.29 Å². The number of aromatic amines is 1. The Morgan fingerprint density at radius 3 is 2.47 bits per heavy atom. The number of carbonyl (C=O) groups is 3. The fourth-order valence-corrected chi connectivity index (χ4v) is 8.18. The van der Waals surface area contributed by atoms with Crippen molar-refractivity contribution in [3.05, 3.63) is 117 Å². The second kappa shape index (κ2) is 10.8. The van der Waals surface area contributed by atoms with Gasteiger partial charge in [0.1, 0.15) is 16.8 Å². The van der Waals surface area contributed by atoms with Crippen molar-refractivity contribution in [2.75, 3.05) is 16.8 Å². The predicted octanol–water partition coefficient (Wildman–Crippen LogP) is 5.54. The number of amides is 3. The molecule has 4 aromatic carbocycles. The Kier molecular flexibility index (Phi) is 6.83. The van der Waals surface area contributed by atoms with E-state index < -0.39 is 34.7 Å². The van der Waals surface area contributed by atoms with Gasteiger partial charge in [0.25, 0.3) is 5.91 Å². The number of benzene rings is 4. The van der Waals surface area contributed by atoms with Gasteiger partial charge in [-0.1, -0.05) is 71.6 Å². The number of hydrogen-bond donors (Lipinski definition) is 2. The number of ether oxygens (including phenoxy) is 1. The van der Waals surface area contributed by atoms with Crippen LogP contribution in [0.3, 0.4) is 0 Å². The molecule has 3 heterocycles. The Hall–Kier alpha value is -4.74. The fourth-order valence-electron chi connectivity index (χ4n) is 5.67. The van der Waals surface area contributed by atoms with Gasteiger partial charge < -0.3 is 15.0 Å². The molecule has 3 amide bonds. The quantitative estimate of drug-likeness (QED) is 0.244. The summed E-state index contributed by atoms with van der Waals surface area (Å²) in [4.78, 5) is 57.1. The molecule has 2 N–H and O–H groups in total. The molecule has 3 atom stereocenters. The average molecular weight is 612 g/mol. The summed E-state index contributed by atoms with van der Waals surface area (Å²) in [5.41, 5.74) is 1.48. The number of nitrogens with zero attached hydrogens (tertiary/aromatic N) is 1. The number of thioether (sulfide) groups is 1. The number of imide groups is 1. The standard InChI is InChI=1S/C32H22FN3O5S2/c33-19-10-13-21(14-11-19)36-30(38)26-25(27-29(35-32(40)43-27)42-28(26)31(36)39)22-7-3-4-8-23(22)41-16-24(37)34-20-12-9-17-5-1-2-6-18(17)15-20/h1-15,25-26,28H,16H2,(H,34,37)(H,35,40). The third-order valence-electron chi connectivity index (χ3n) is 7.55. The number of aromatic nitrogens is 1. The molecule has 0 spiro atoms. The minimum absolute atomic E-state index is 0.275. The van der Waals surface area contributed by atoms with Gasteiger partial charge in [-0.2, -0.15) is 0 Å². The van der Waals surface area contributed by atoms with Crippen molar-refractivity contribution in [2.24, 2.45) is 5.92 Å². The van der Waals surface area contributed by atoms with Gasteiger partial charge in [-0.3, -0.25) is 19.2 Å². The first-order valence-corrected chi connectivity index (χ1v) is 15.1. The van der Waals surface area contributed by atoms with Crippen LogP contribution in [0, 0.1) is 11.7 Å². The summed E-state index contributed by atoms with van der Waals surface area (Å²) < 4.78 is 19.6. The van der Waals surface area contributed by atoms with E-state index in [9.17, 15) is 23.6 Å². The van der Waals surface area contributed by atoms with E-state index in [4.69, 9.17) is 4.74 Å². The summed E-state index contributed by atoms with van der Waals surface area (Å²) in [5, 5.41) is 4.61. The first-order valence-electron chi connectivity index (χ1n) is 13.4. The van der Waals surface area contributed by atoms with E-state index in [0.717, 1.165) is 38.8 Å². The number of thiazole rings is 1. The van der Waals surface area contributed by atoms with E-state index in [2.05, 4.69) is 10.3 Å². The molecule has 1 aromatic heterocycles. The second-order valence-corrected chi connectivity index (χ2v) is 12.3. The molecule has 2 aliphatic heterocycles. The molecule has 3 unspecified atom stereocenters. The zero-order chi connectivity index (χ0) is 29.7. The highest BCUT2D eigenvalue weighted by atomic mass is 32.2. The SMILES string of the molecule is O=C(COc1ccccc1C1c2sc(=O)[nH]c2SC2C(=O)N(c3ccc(F)cc3)C(=O)C21)Nc1ccc2ccccc2c1. The molecule has 43 heavy (non-hydrogen) atoms. The van der Waals surface area contributed by atoms with Crippen LogP contribution in [0.4, 0.5) is 15.8 Å². The van der Waals surface area contributed by atoms with Crippen LogP contribution in [0.5, 0.6) is 5.75 Å². The van der Waals surface area contributed by atoms with Crippen LogP contribution in [-0.4, -0.2) is 34.6 Å². The number of carbonyl (C=O) groups excluding carboxylic acids is 3. The van der Waals surface area contributed by atoms with Gasteiger partial charge in [-0.15, -0.1) is 0 Å². The average Bonchev–Trinajstić information content (AvgIpc) is 3.50. The molecular weight excluding hydrogens is 590 g/mol. The summed E-state index contributed by atoms with van der Waals surface area (Å²) >= 11 is 2.13. The van der Waals surface area contributed by atoms with Crippen molar-refractivity contribution in [3.8, 4) is 5.75 Å². The molecular formula is C32H22FN3O5S2. The lowest BCUT2D eigenvalue weighted by Crippen LogP contribution is -2.32. The van der Waals surface area contributed by atoms with Crippen molar-refractivity contribution >= 4 is 63.0 Å². The van der Waals surface area contributed by atoms with Crippen LogP contribution in [0.1, 0.15) is 16.4 Å². The Balaban J connectivity index is 1.19. The summed E-state index contributed by atoms with van der Waals surface area (Å²) in [7, 11) is 0. The summed E-state index contributed by atoms with van der Waals surface area (Å²) in [6.07, 6.45) is 0. The highest BCUT2D eigenvalue weighted by Gasteiger charge is 2.56. The molecule has 0 radical (unpaired) electrons. The van der Waals surface area contributed by atoms with Gasteiger partial charge in [0.2, 0.25) is 11.8 Å². The van der Waals surface area contributed by atoms with Gasteiger partial charge in [-0.05, 0) is 53.2 Å². The number of rotatable bonds is 6. The van der Waals surface area contributed by atoms with Crippen molar-refractivity contribution in [3.63, 3.8) is 0 Å². The van der Waals surface area contributed by atoms with Crippen LogP contribution in [-0.2, 0) is 14.4 Å². The minimum Gasteiger partial charge on any atom is -0.483 e. The molecule has 11 heteroatoms. The van der Waals surface area contributed by atoms with Gasteiger partial charge >= 0.3 is 4.87 Å². The zero-order valence-corrected chi connectivity index (χ0v) is 23.9. The van der Waals surface area contributed by atoms with E-state index in [1.807, 2.05) is 42.5 Å². The largest absolute Gasteiger partial charge is 0.483 e. The van der Waals surface area contributed by atoms with Gasteiger partial charge in [0.05, 0.1) is 16.6 Å². The molecule has 0 bridgehead atoms. The normalized spacial score (nSPS) is 19.3. The van der Waals surface area contributed by atoms with Crippen LogP contribution >= 0.6 is 23.1 Å². The molecule has 1 fully saturated rings. The first kappa shape index (κ1) is 27.1. The first-order chi connectivity index (χ1) is 20.9. The number of H-pyrrole nitrogens is 1. The van der Waals surface area contributed by atoms with E-state index in [-0.39, 0.29) is 23.1 Å². The maximum absolute atomic E-state index is 13.9. The monoisotopic (exact) mass is 611 g/mol.